The smallest absolute Gasteiger partial charge is 0.251 e. The first kappa shape index (κ1) is 26.7. The number of carbonyl (C=O) groups is 2. The van der Waals surface area contributed by atoms with Crippen LogP contribution in [0, 0.1) is 11.3 Å². The molecule has 39 heavy (non-hydrogen) atoms. The summed E-state index contributed by atoms with van der Waals surface area (Å²) in [5, 5.41) is 16.6. The first-order valence-electron chi connectivity index (χ1n) is 12.5. The zero-order chi connectivity index (χ0) is 27.6. The van der Waals surface area contributed by atoms with Crippen molar-refractivity contribution in [1.29, 1.82) is 5.26 Å². The number of morpholine rings is 1. The SMILES string of the molecule is C[C@@H]1CN(c2cccc(-c3csc(NC(=O)CNC(=O)c4ccc5c(c4)[C@@](F)(C#N)COC5)n3)n2)C[C@H](C)O1. The number of alkyl halides is 1. The third-order valence-electron chi connectivity index (χ3n) is 6.44. The van der Waals surface area contributed by atoms with Crippen LogP contribution in [-0.2, 0) is 26.5 Å². The Morgan fingerprint density at radius 2 is 2.00 bits per heavy atom. The lowest BCUT2D eigenvalue weighted by Crippen LogP contribution is -2.45. The maximum Gasteiger partial charge on any atom is 0.251 e. The number of ether oxygens (including phenoxy) is 2. The van der Waals surface area contributed by atoms with E-state index in [0.29, 0.717) is 22.1 Å². The third-order valence-corrected chi connectivity index (χ3v) is 7.19. The Balaban J connectivity index is 1.19. The number of hydrogen-bond acceptors (Lipinski definition) is 9. The molecule has 2 amide bonds. The van der Waals surface area contributed by atoms with Crippen LogP contribution in [0.3, 0.4) is 0 Å². The quantitative estimate of drug-likeness (QED) is 0.478. The van der Waals surface area contributed by atoms with E-state index in [4.69, 9.17) is 14.5 Å². The van der Waals surface area contributed by atoms with Gasteiger partial charge in [-0.25, -0.2) is 14.4 Å². The fourth-order valence-electron chi connectivity index (χ4n) is 4.67. The highest BCUT2D eigenvalue weighted by Gasteiger charge is 2.38. The van der Waals surface area contributed by atoms with E-state index in [2.05, 4.69) is 20.5 Å². The molecule has 1 saturated heterocycles. The molecule has 12 heteroatoms. The molecule has 2 aliphatic rings. The van der Waals surface area contributed by atoms with Crippen LogP contribution in [0.25, 0.3) is 11.4 Å². The van der Waals surface area contributed by atoms with E-state index in [1.807, 2.05) is 32.0 Å². The van der Waals surface area contributed by atoms with Gasteiger partial charge in [0.25, 0.3) is 5.91 Å². The van der Waals surface area contributed by atoms with Gasteiger partial charge in [0.15, 0.2) is 5.13 Å². The molecule has 3 atom stereocenters. The molecule has 1 fully saturated rings. The fourth-order valence-corrected chi connectivity index (χ4v) is 5.39. The minimum atomic E-state index is -2.32. The zero-order valence-electron chi connectivity index (χ0n) is 21.4. The number of halogens is 1. The number of rotatable bonds is 6. The van der Waals surface area contributed by atoms with Crippen molar-refractivity contribution in [3.63, 3.8) is 0 Å². The van der Waals surface area contributed by atoms with E-state index in [1.165, 1.54) is 23.5 Å². The van der Waals surface area contributed by atoms with Crippen molar-refractivity contribution >= 4 is 34.1 Å². The van der Waals surface area contributed by atoms with Crippen LogP contribution in [0.1, 0.15) is 35.3 Å². The standard InChI is InChI=1S/C27H27FN6O4S/c1-16-10-34(11-17(2)38-16)23-5-3-4-21(31-23)22-13-39-26(32-22)33-24(35)9-30-25(36)18-6-7-19-12-37-15-27(28,14-29)20(19)8-18/h3-8,13,16-17H,9-12,15H2,1-2H3,(H,30,36)(H,32,33,35)/t16-,17+,27-/m1/s1. The number of pyridine rings is 1. The molecule has 0 unspecified atom stereocenters. The highest BCUT2D eigenvalue weighted by Crippen LogP contribution is 2.34. The molecule has 5 rings (SSSR count). The van der Waals surface area contributed by atoms with Gasteiger partial charge < -0.3 is 25.0 Å². The van der Waals surface area contributed by atoms with Crippen molar-refractivity contribution < 1.29 is 23.5 Å². The third kappa shape index (κ3) is 5.90. The fraction of sp³-hybridized carbons (Fsp3) is 0.370. The Morgan fingerprint density at radius 3 is 2.77 bits per heavy atom. The van der Waals surface area contributed by atoms with Crippen molar-refractivity contribution in [3.05, 3.63) is 58.5 Å². The van der Waals surface area contributed by atoms with E-state index < -0.39 is 24.1 Å². The molecular weight excluding hydrogens is 523 g/mol. The van der Waals surface area contributed by atoms with Crippen molar-refractivity contribution in [2.24, 2.45) is 0 Å². The van der Waals surface area contributed by atoms with E-state index in [9.17, 15) is 19.2 Å². The average Bonchev–Trinajstić information content (AvgIpc) is 3.40. The molecule has 0 aliphatic carbocycles. The lowest BCUT2D eigenvalue weighted by atomic mass is 9.89. The molecular formula is C27H27FN6O4S. The largest absolute Gasteiger partial charge is 0.372 e. The maximum atomic E-state index is 14.9. The van der Waals surface area contributed by atoms with E-state index in [1.54, 1.807) is 17.5 Å². The van der Waals surface area contributed by atoms with Crippen LogP contribution in [0.5, 0.6) is 0 Å². The molecule has 0 bridgehead atoms. The molecule has 0 saturated carbocycles. The van der Waals surface area contributed by atoms with E-state index in [-0.39, 0.29) is 36.5 Å². The molecule has 0 radical (unpaired) electrons. The van der Waals surface area contributed by atoms with Crippen LogP contribution < -0.4 is 15.5 Å². The molecule has 2 N–H and O–H groups in total. The second kappa shape index (κ2) is 11.1. The van der Waals surface area contributed by atoms with Gasteiger partial charge in [-0.15, -0.1) is 11.3 Å². The van der Waals surface area contributed by atoms with Crippen LogP contribution >= 0.6 is 11.3 Å². The Morgan fingerprint density at radius 1 is 1.21 bits per heavy atom. The average molecular weight is 551 g/mol. The lowest BCUT2D eigenvalue weighted by molar-refractivity contribution is -0.115. The number of fused-ring (bicyclic) bond motifs is 1. The summed E-state index contributed by atoms with van der Waals surface area (Å²) < 4.78 is 25.8. The van der Waals surface area contributed by atoms with Crippen LogP contribution in [-0.4, -0.2) is 60.2 Å². The van der Waals surface area contributed by atoms with E-state index in [0.717, 1.165) is 18.9 Å². The topological polar surface area (TPSA) is 129 Å². The highest BCUT2D eigenvalue weighted by molar-refractivity contribution is 7.14. The summed E-state index contributed by atoms with van der Waals surface area (Å²) in [7, 11) is 0. The number of amides is 2. The van der Waals surface area contributed by atoms with Crippen molar-refractivity contribution in [2.45, 2.75) is 38.3 Å². The number of benzene rings is 1. The number of hydrogen-bond donors (Lipinski definition) is 2. The minimum Gasteiger partial charge on any atom is -0.372 e. The normalized spacial score (nSPS) is 22.5. The van der Waals surface area contributed by atoms with Crippen LogP contribution in [0.4, 0.5) is 15.3 Å². The summed E-state index contributed by atoms with van der Waals surface area (Å²) in [5.41, 5.74) is -0.249. The maximum absolute atomic E-state index is 14.9. The number of anilines is 2. The highest BCUT2D eigenvalue weighted by atomic mass is 32.1. The first-order valence-corrected chi connectivity index (χ1v) is 13.3. The van der Waals surface area contributed by atoms with Crippen molar-refractivity contribution in [2.75, 3.05) is 36.5 Å². The summed E-state index contributed by atoms with van der Waals surface area (Å²) in [4.78, 5) is 36.5. The first-order chi connectivity index (χ1) is 18.7. The Hall–Kier alpha value is -3.92. The van der Waals surface area contributed by atoms with Gasteiger partial charge in [0, 0.05) is 29.6 Å². The van der Waals surface area contributed by atoms with Gasteiger partial charge >= 0.3 is 0 Å². The Labute approximate surface area is 228 Å². The predicted molar refractivity (Wildman–Crippen MR) is 143 cm³/mol. The van der Waals surface area contributed by atoms with Crippen molar-refractivity contribution in [1.82, 2.24) is 15.3 Å². The molecule has 3 aromatic rings. The monoisotopic (exact) mass is 550 g/mol. The molecule has 1 aromatic carbocycles. The van der Waals surface area contributed by atoms with Crippen molar-refractivity contribution in [3.8, 4) is 17.5 Å². The number of nitrogens with one attached hydrogen (secondary N) is 2. The number of aromatic nitrogens is 2. The van der Waals surface area contributed by atoms with Gasteiger partial charge in [-0.1, -0.05) is 12.1 Å². The lowest BCUT2D eigenvalue weighted by Gasteiger charge is -2.36. The molecule has 10 nitrogen and oxygen atoms in total. The van der Waals surface area contributed by atoms with Gasteiger partial charge in [0.1, 0.15) is 17.6 Å². The molecule has 0 spiro atoms. The van der Waals surface area contributed by atoms with Gasteiger partial charge in [-0.2, -0.15) is 5.26 Å². The number of thiazole rings is 1. The molecule has 2 aromatic heterocycles. The zero-order valence-corrected chi connectivity index (χ0v) is 22.3. The van der Waals surface area contributed by atoms with Crippen LogP contribution in [0.15, 0.2) is 41.8 Å². The predicted octanol–water partition coefficient (Wildman–Crippen LogP) is 3.41. The van der Waals surface area contributed by atoms with Gasteiger partial charge in [0.05, 0.1) is 37.7 Å². The van der Waals surface area contributed by atoms with Gasteiger partial charge in [-0.3, -0.25) is 9.59 Å². The summed E-state index contributed by atoms with van der Waals surface area (Å²) in [6.07, 6.45) is 0.217. The summed E-state index contributed by atoms with van der Waals surface area (Å²) in [6, 6.07) is 11.7. The van der Waals surface area contributed by atoms with Gasteiger partial charge in [0.2, 0.25) is 11.6 Å². The number of carbonyl (C=O) groups excluding carboxylic acids is 2. The molecule has 4 heterocycles. The number of nitrogens with zero attached hydrogens (tertiary/aromatic N) is 4. The van der Waals surface area contributed by atoms with Crippen LogP contribution in [0.2, 0.25) is 0 Å². The van der Waals surface area contributed by atoms with E-state index >= 15 is 0 Å². The Bertz CT molecular complexity index is 1430. The summed E-state index contributed by atoms with van der Waals surface area (Å²) >= 11 is 1.25. The number of nitriles is 1. The molecule has 2 aliphatic heterocycles. The second-order valence-corrected chi connectivity index (χ2v) is 10.4. The summed E-state index contributed by atoms with van der Waals surface area (Å²) in [5.74, 6) is -0.192. The summed E-state index contributed by atoms with van der Waals surface area (Å²) in [6.45, 7) is 5.02. The van der Waals surface area contributed by atoms with Gasteiger partial charge in [-0.05, 0) is 43.7 Å². The molecule has 202 valence electrons. The second-order valence-electron chi connectivity index (χ2n) is 9.59. The minimum absolute atomic E-state index is 0.109. The Kier molecular flexibility index (Phi) is 7.56.